The number of hydrogen-bond donors (Lipinski definition) is 1. The van der Waals surface area contributed by atoms with Crippen LogP contribution in [0.15, 0.2) is 42.1 Å². The summed E-state index contributed by atoms with van der Waals surface area (Å²) >= 11 is 4.75. The van der Waals surface area contributed by atoms with E-state index in [4.69, 9.17) is 17.4 Å². The highest BCUT2D eigenvalue weighted by atomic mass is 35.5. The van der Waals surface area contributed by atoms with Crippen molar-refractivity contribution in [1.29, 1.82) is 0 Å². The van der Waals surface area contributed by atoms with Crippen LogP contribution in [-0.2, 0) is 20.9 Å². The van der Waals surface area contributed by atoms with Gasteiger partial charge >= 0.3 is 5.97 Å². The van der Waals surface area contributed by atoms with Gasteiger partial charge in [-0.05, 0) is 63.8 Å². The molecule has 2 atom stereocenters. The molecule has 6 nitrogen and oxygen atoms in total. The van der Waals surface area contributed by atoms with Crippen LogP contribution in [-0.4, -0.2) is 50.4 Å². The van der Waals surface area contributed by atoms with E-state index in [1.54, 1.807) is 29.1 Å². The third-order valence-electron chi connectivity index (χ3n) is 6.02. The zero-order valence-corrected chi connectivity index (χ0v) is 22.0. The molecule has 0 radical (unpaired) electrons. The number of aromatic nitrogens is 2. The molecule has 4 rings (SSSR count). The molecule has 0 N–H and O–H groups in total. The van der Waals surface area contributed by atoms with Crippen molar-refractivity contribution in [3.05, 3.63) is 59.2 Å². The van der Waals surface area contributed by atoms with Crippen LogP contribution in [0.3, 0.4) is 0 Å². The van der Waals surface area contributed by atoms with E-state index in [0.29, 0.717) is 24.3 Å². The maximum atomic E-state index is 14.7. The summed E-state index contributed by atoms with van der Waals surface area (Å²) in [6, 6.07) is 7.81. The molecule has 1 saturated heterocycles. The van der Waals surface area contributed by atoms with Crippen LogP contribution in [0.4, 0.5) is 4.39 Å². The molecule has 9 heteroatoms. The maximum absolute atomic E-state index is 14.7. The van der Waals surface area contributed by atoms with Crippen molar-refractivity contribution in [2.75, 3.05) is 13.1 Å². The second-order valence-electron chi connectivity index (χ2n) is 10.1. The van der Waals surface area contributed by atoms with E-state index in [9.17, 15) is 14.0 Å². The van der Waals surface area contributed by atoms with Gasteiger partial charge in [-0.25, -0.2) is 4.39 Å². The topological polar surface area (TPSA) is 64.4 Å². The molecule has 2 aliphatic rings. The van der Waals surface area contributed by atoms with Crippen LogP contribution in [0.5, 0.6) is 0 Å². The molecule has 0 amide bonds. The highest BCUT2D eigenvalue weighted by Gasteiger charge is 2.40. The lowest BCUT2D eigenvalue weighted by Crippen LogP contribution is -2.42. The number of rotatable bonds is 7. The largest absolute Gasteiger partial charge is 0.459 e. The summed E-state index contributed by atoms with van der Waals surface area (Å²) < 4.78 is 21.6. The number of ketones is 1. The van der Waals surface area contributed by atoms with Gasteiger partial charge in [0.25, 0.3) is 0 Å². The standard InChI is InChI=1S/C26H32FN3O3S.ClH/c1-26(2,3)33-23(31)16-30-13-10-19(28-30)14-18-15-29(12-11-22(18)34)24(25(32)17-8-9-17)20-6-4-5-7-21(20)27;/h4-7,10,13-14,17,22,24,34H,8-9,11-12,15-16H2,1-3H3;1H/b18-14+;. The molecule has 1 aliphatic heterocycles. The zero-order chi connectivity index (χ0) is 24.5. The number of likely N-dealkylation sites (tertiary alicyclic amines) is 1. The monoisotopic (exact) mass is 521 g/mol. The predicted octanol–water partition coefficient (Wildman–Crippen LogP) is 4.89. The number of piperidine rings is 1. The first-order chi connectivity index (χ1) is 16.1. The Kier molecular flexibility index (Phi) is 8.83. The third kappa shape index (κ3) is 7.18. The van der Waals surface area contributed by atoms with Crippen LogP contribution in [0.25, 0.3) is 6.08 Å². The van der Waals surface area contributed by atoms with Gasteiger partial charge in [-0.3, -0.25) is 19.2 Å². The quantitative estimate of drug-likeness (QED) is 0.415. The number of nitrogens with zero attached hydrogens (tertiary/aromatic N) is 3. The summed E-state index contributed by atoms with van der Waals surface area (Å²) in [4.78, 5) is 27.4. The van der Waals surface area contributed by atoms with E-state index in [1.165, 1.54) is 6.07 Å². The number of hydrogen-bond acceptors (Lipinski definition) is 6. The molecule has 2 heterocycles. The summed E-state index contributed by atoms with van der Waals surface area (Å²) in [5.74, 6) is -0.573. The third-order valence-corrected chi connectivity index (χ3v) is 6.61. The number of carbonyl (C=O) groups excluding carboxylic acids is 2. The van der Waals surface area contributed by atoms with Crippen LogP contribution >= 0.6 is 25.0 Å². The van der Waals surface area contributed by atoms with E-state index < -0.39 is 11.6 Å². The second kappa shape index (κ2) is 11.3. The lowest BCUT2D eigenvalue weighted by Gasteiger charge is -2.37. The molecule has 2 aromatic rings. The Labute approximate surface area is 217 Å². The van der Waals surface area contributed by atoms with E-state index in [-0.39, 0.29) is 47.7 Å². The fourth-order valence-electron chi connectivity index (χ4n) is 4.31. The predicted molar refractivity (Wildman–Crippen MR) is 139 cm³/mol. The Bertz CT molecular complexity index is 1090. The smallest absolute Gasteiger partial charge is 0.328 e. The van der Waals surface area contributed by atoms with Crippen molar-refractivity contribution in [3.63, 3.8) is 0 Å². The Balaban J connectivity index is 0.00000342. The first kappa shape index (κ1) is 27.4. The minimum Gasteiger partial charge on any atom is -0.459 e. The summed E-state index contributed by atoms with van der Waals surface area (Å²) in [6.45, 7) is 6.68. The van der Waals surface area contributed by atoms with Gasteiger partial charge in [0.15, 0.2) is 5.78 Å². The van der Waals surface area contributed by atoms with Gasteiger partial charge in [-0.15, -0.1) is 12.4 Å². The van der Waals surface area contributed by atoms with Gasteiger partial charge < -0.3 is 4.74 Å². The molecule has 1 aromatic heterocycles. The van der Waals surface area contributed by atoms with Crippen LogP contribution in [0, 0.1) is 11.7 Å². The van der Waals surface area contributed by atoms with Crippen molar-refractivity contribution in [3.8, 4) is 0 Å². The number of ether oxygens (including phenoxy) is 1. The van der Waals surface area contributed by atoms with Crippen LogP contribution in [0.1, 0.15) is 57.3 Å². The van der Waals surface area contributed by atoms with Crippen molar-refractivity contribution in [2.45, 2.75) is 63.5 Å². The summed E-state index contributed by atoms with van der Waals surface area (Å²) in [5, 5.41) is 4.50. The Morgan fingerprint density at radius 1 is 1.23 bits per heavy atom. The van der Waals surface area contributed by atoms with E-state index in [2.05, 4.69) is 10.00 Å². The van der Waals surface area contributed by atoms with Gasteiger partial charge in [0.05, 0.1) is 11.7 Å². The number of carbonyl (C=O) groups is 2. The second-order valence-corrected chi connectivity index (χ2v) is 10.7. The highest BCUT2D eigenvalue weighted by Crippen LogP contribution is 2.39. The molecule has 1 aliphatic carbocycles. The zero-order valence-electron chi connectivity index (χ0n) is 20.3. The first-order valence-electron chi connectivity index (χ1n) is 11.8. The Hall–Kier alpha value is -2.16. The number of halogens is 2. The highest BCUT2D eigenvalue weighted by molar-refractivity contribution is 7.81. The number of esters is 1. The number of benzene rings is 1. The average Bonchev–Trinajstić information content (AvgIpc) is 3.51. The molecule has 0 bridgehead atoms. The fraction of sp³-hybridized carbons (Fsp3) is 0.500. The molecule has 1 aromatic carbocycles. The molecular weight excluding hydrogens is 489 g/mol. The van der Waals surface area contributed by atoms with E-state index in [1.807, 2.05) is 32.9 Å². The molecule has 2 unspecified atom stereocenters. The lowest BCUT2D eigenvalue weighted by molar-refractivity contribution is -0.155. The average molecular weight is 522 g/mol. The number of Topliss-reactive ketones (excluding diaryl/α,β-unsaturated/α-hetero) is 1. The van der Waals surface area contributed by atoms with Gasteiger partial charge in [0, 0.05) is 36.0 Å². The van der Waals surface area contributed by atoms with E-state index in [0.717, 1.165) is 24.8 Å². The normalized spacial score (nSPS) is 20.8. The molecule has 35 heavy (non-hydrogen) atoms. The van der Waals surface area contributed by atoms with Crippen molar-refractivity contribution < 1.29 is 18.7 Å². The van der Waals surface area contributed by atoms with Crippen molar-refractivity contribution in [2.24, 2.45) is 5.92 Å². The summed E-state index contributed by atoms with van der Waals surface area (Å²) in [5.41, 5.74) is 1.61. The maximum Gasteiger partial charge on any atom is 0.328 e. The molecule has 2 fully saturated rings. The Morgan fingerprint density at radius 3 is 2.60 bits per heavy atom. The molecular formula is C26H33ClFN3O3S. The summed E-state index contributed by atoms with van der Waals surface area (Å²) in [7, 11) is 0. The van der Waals surface area contributed by atoms with Crippen LogP contribution in [0.2, 0.25) is 0 Å². The fourth-order valence-corrected chi connectivity index (χ4v) is 4.58. The number of thiol groups is 1. The molecule has 0 spiro atoms. The lowest BCUT2D eigenvalue weighted by atomic mass is 9.93. The van der Waals surface area contributed by atoms with Crippen molar-refractivity contribution >= 4 is 42.9 Å². The molecule has 1 saturated carbocycles. The van der Waals surface area contributed by atoms with Crippen LogP contribution < -0.4 is 0 Å². The SMILES string of the molecule is CC(C)(C)OC(=O)Cn1ccc(/C=C2\CN(C(C(=O)C3CC3)c3ccccc3F)CCC2S)n1.Cl. The minimum absolute atomic E-state index is 0. The molecule has 190 valence electrons. The minimum atomic E-state index is -0.595. The van der Waals surface area contributed by atoms with Gasteiger partial charge in [0.1, 0.15) is 18.0 Å². The Morgan fingerprint density at radius 2 is 1.94 bits per heavy atom. The van der Waals surface area contributed by atoms with E-state index >= 15 is 0 Å². The van der Waals surface area contributed by atoms with Gasteiger partial charge in [0.2, 0.25) is 0 Å². The van der Waals surface area contributed by atoms with Gasteiger partial charge in [-0.1, -0.05) is 18.2 Å². The van der Waals surface area contributed by atoms with Crippen molar-refractivity contribution in [1.82, 2.24) is 14.7 Å². The first-order valence-corrected chi connectivity index (χ1v) is 12.3. The van der Waals surface area contributed by atoms with Gasteiger partial charge in [-0.2, -0.15) is 17.7 Å². The summed E-state index contributed by atoms with van der Waals surface area (Å²) in [6.07, 6.45) is 6.20.